The number of carbonyl (C=O) groups is 1. The smallest absolute Gasteiger partial charge is 0.234 e. The van der Waals surface area contributed by atoms with Crippen molar-refractivity contribution in [1.82, 2.24) is 10.2 Å². The Bertz CT molecular complexity index is 471. The first kappa shape index (κ1) is 16.0. The average Bonchev–Trinajstić information content (AvgIpc) is 2.79. The number of rotatable bonds is 4. The van der Waals surface area contributed by atoms with E-state index in [1.54, 1.807) is 0 Å². The first-order chi connectivity index (χ1) is 9.30. The summed E-state index contributed by atoms with van der Waals surface area (Å²) < 4.78 is 22.9. The molecule has 4 unspecified atom stereocenters. The fourth-order valence-electron chi connectivity index (χ4n) is 2.98. The number of nitrogens with one attached hydrogen (secondary N) is 1. The summed E-state index contributed by atoms with van der Waals surface area (Å²) in [6, 6.07) is -0.147. The van der Waals surface area contributed by atoms with Crippen LogP contribution in [0.3, 0.4) is 0 Å². The summed E-state index contributed by atoms with van der Waals surface area (Å²) in [7, 11) is -3.12. The lowest BCUT2D eigenvalue weighted by molar-refractivity contribution is -0.122. The van der Waals surface area contributed by atoms with Crippen LogP contribution in [0.15, 0.2) is 0 Å². The Labute approximate surface area is 124 Å². The highest BCUT2D eigenvalue weighted by molar-refractivity contribution is 7.91. The number of likely N-dealkylation sites (tertiary alicyclic amines) is 1. The predicted molar refractivity (Wildman–Crippen MR) is 78.4 cm³/mol. The summed E-state index contributed by atoms with van der Waals surface area (Å²) in [5, 5.41) is 2.21. The lowest BCUT2D eigenvalue weighted by atomic mass is 10.1. The van der Waals surface area contributed by atoms with Crippen molar-refractivity contribution < 1.29 is 13.2 Å². The van der Waals surface area contributed by atoms with Crippen LogP contribution in [0.5, 0.6) is 0 Å². The van der Waals surface area contributed by atoms with Gasteiger partial charge in [0.2, 0.25) is 5.91 Å². The first-order valence-corrected chi connectivity index (χ1v) is 9.14. The SMILES string of the molecule is CC1CC(CN)CN1CC(=O)NC1CS(=O)(=O)CC1Cl. The Kier molecular flexibility index (Phi) is 4.94. The van der Waals surface area contributed by atoms with E-state index in [1.807, 2.05) is 0 Å². The Balaban J connectivity index is 1.84. The van der Waals surface area contributed by atoms with Crippen LogP contribution in [0.1, 0.15) is 13.3 Å². The molecule has 0 aliphatic carbocycles. The molecule has 4 atom stereocenters. The minimum Gasteiger partial charge on any atom is -0.350 e. The van der Waals surface area contributed by atoms with Crippen LogP contribution < -0.4 is 11.1 Å². The quantitative estimate of drug-likeness (QED) is 0.659. The molecule has 0 bridgehead atoms. The van der Waals surface area contributed by atoms with Crippen LogP contribution in [-0.2, 0) is 14.6 Å². The summed E-state index contributed by atoms with van der Waals surface area (Å²) in [4.78, 5) is 14.1. The Hall–Kier alpha value is -0.370. The zero-order valence-electron chi connectivity index (χ0n) is 11.6. The minimum atomic E-state index is -3.12. The zero-order valence-corrected chi connectivity index (χ0v) is 13.2. The van der Waals surface area contributed by atoms with Crippen LogP contribution in [0, 0.1) is 5.92 Å². The van der Waals surface area contributed by atoms with Crippen LogP contribution >= 0.6 is 11.6 Å². The van der Waals surface area contributed by atoms with Gasteiger partial charge in [-0.2, -0.15) is 0 Å². The molecule has 0 spiro atoms. The van der Waals surface area contributed by atoms with Gasteiger partial charge in [-0.3, -0.25) is 9.69 Å². The maximum atomic E-state index is 12.0. The van der Waals surface area contributed by atoms with Gasteiger partial charge >= 0.3 is 0 Å². The molecule has 1 amide bonds. The van der Waals surface area contributed by atoms with E-state index in [9.17, 15) is 13.2 Å². The van der Waals surface area contributed by atoms with Gasteiger partial charge in [-0.25, -0.2) is 8.42 Å². The molecule has 0 aromatic carbocycles. The van der Waals surface area contributed by atoms with E-state index in [2.05, 4.69) is 17.1 Å². The fraction of sp³-hybridized carbons (Fsp3) is 0.917. The molecular weight excluding hydrogens is 302 g/mol. The Morgan fingerprint density at radius 2 is 2.15 bits per heavy atom. The zero-order chi connectivity index (χ0) is 14.9. The van der Waals surface area contributed by atoms with Gasteiger partial charge in [-0.05, 0) is 25.8 Å². The third-order valence-corrected chi connectivity index (χ3v) is 6.48. The number of carbonyl (C=O) groups excluding carboxylic acids is 1. The summed E-state index contributed by atoms with van der Waals surface area (Å²) in [6.45, 7) is 3.80. The van der Waals surface area contributed by atoms with E-state index in [0.29, 0.717) is 18.5 Å². The van der Waals surface area contributed by atoms with E-state index in [-0.39, 0.29) is 24.0 Å². The second-order valence-electron chi connectivity index (χ2n) is 5.88. The van der Waals surface area contributed by atoms with Crippen LogP contribution in [0.4, 0.5) is 0 Å². The molecule has 6 nitrogen and oxygen atoms in total. The number of hydrogen-bond acceptors (Lipinski definition) is 5. The van der Waals surface area contributed by atoms with Crippen LogP contribution in [-0.4, -0.2) is 67.8 Å². The molecule has 8 heteroatoms. The van der Waals surface area contributed by atoms with E-state index >= 15 is 0 Å². The van der Waals surface area contributed by atoms with Crippen LogP contribution in [0.2, 0.25) is 0 Å². The van der Waals surface area contributed by atoms with E-state index in [4.69, 9.17) is 17.3 Å². The number of amides is 1. The number of hydrogen-bond donors (Lipinski definition) is 2. The lowest BCUT2D eigenvalue weighted by Crippen LogP contribution is -2.46. The molecular formula is C12H22ClN3O3S. The van der Waals surface area contributed by atoms with Crippen molar-refractivity contribution in [2.24, 2.45) is 11.7 Å². The summed E-state index contributed by atoms with van der Waals surface area (Å²) in [5.41, 5.74) is 5.66. The molecule has 116 valence electrons. The van der Waals surface area contributed by atoms with Crippen molar-refractivity contribution in [3.05, 3.63) is 0 Å². The molecule has 2 fully saturated rings. The normalized spacial score (nSPS) is 37.1. The van der Waals surface area contributed by atoms with Crippen molar-refractivity contribution in [2.45, 2.75) is 30.8 Å². The molecule has 2 saturated heterocycles. The number of halogens is 1. The highest BCUT2D eigenvalue weighted by Gasteiger charge is 2.38. The standard InChI is InChI=1S/C12H22ClN3O3S/c1-8-2-9(3-14)4-16(8)5-12(17)15-11-7-20(18,19)6-10(11)13/h8-11H,2-7,14H2,1H3,(H,15,17). The van der Waals surface area contributed by atoms with E-state index in [1.165, 1.54) is 0 Å². The van der Waals surface area contributed by atoms with Crippen molar-refractivity contribution in [3.63, 3.8) is 0 Å². The van der Waals surface area contributed by atoms with Crippen LogP contribution in [0.25, 0.3) is 0 Å². The predicted octanol–water partition coefficient (Wildman–Crippen LogP) is -0.824. The molecule has 2 rings (SSSR count). The maximum Gasteiger partial charge on any atom is 0.234 e. The van der Waals surface area contributed by atoms with Crippen molar-refractivity contribution in [2.75, 3.05) is 31.1 Å². The topological polar surface area (TPSA) is 92.5 Å². The molecule has 0 radical (unpaired) electrons. The average molecular weight is 324 g/mol. The van der Waals surface area contributed by atoms with Gasteiger partial charge in [0.25, 0.3) is 0 Å². The number of sulfone groups is 1. The van der Waals surface area contributed by atoms with Gasteiger partial charge in [-0.1, -0.05) is 0 Å². The highest BCUT2D eigenvalue weighted by Crippen LogP contribution is 2.22. The fourth-order valence-corrected chi connectivity index (χ4v) is 5.53. The number of nitrogens with two attached hydrogens (primary N) is 1. The molecule has 0 aromatic rings. The third-order valence-electron chi connectivity index (χ3n) is 4.10. The molecule has 0 aromatic heterocycles. The lowest BCUT2D eigenvalue weighted by Gasteiger charge is -2.22. The highest BCUT2D eigenvalue weighted by atomic mass is 35.5. The number of alkyl halides is 1. The summed E-state index contributed by atoms with van der Waals surface area (Å²) in [6.07, 6.45) is 1.000. The monoisotopic (exact) mass is 323 g/mol. The van der Waals surface area contributed by atoms with Gasteiger partial charge in [0, 0.05) is 12.6 Å². The molecule has 2 heterocycles. The van der Waals surface area contributed by atoms with Gasteiger partial charge in [0.05, 0.1) is 29.5 Å². The molecule has 0 saturated carbocycles. The number of nitrogens with zero attached hydrogens (tertiary/aromatic N) is 1. The molecule has 3 N–H and O–H groups in total. The molecule has 2 aliphatic rings. The van der Waals surface area contributed by atoms with Crippen molar-refractivity contribution in [3.8, 4) is 0 Å². The van der Waals surface area contributed by atoms with E-state index < -0.39 is 21.3 Å². The second kappa shape index (κ2) is 6.17. The molecule has 2 aliphatic heterocycles. The largest absolute Gasteiger partial charge is 0.350 e. The summed E-state index contributed by atoms with van der Waals surface area (Å²) >= 11 is 5.97. The van der Waals surface area contributed by atoms with Gasteiger partial charge in [-0.15, -0.1) is 11.6 Å². The summed E-state index contributed by atoms with van der Waals surface area (Å²) in [5.74, 6) is 0.149. The Morgan fingerprint density at radius 3 is 2.65 bits per heavy atom. The first-order valence-electron chi connectivity index (χ1n) is 6.88. The minimum absolute atomic E-state index is 0.0606. The van der Waals surface area contributed by atoms with Gasteiger partial charge in [0.1, 0.15) is 0 Å². The van der Waals surface area contributed by atoms with Gasteiger partial charge in [0.15, 0.2) is 9.84 Å². The Morgan fingerprint density at radius 1 is 1.45 bits per heavy atom. The van der Waals surface area contributed by atoms with E-state index in [0.717, 1.165) is 13.0 Å². The van der Waals surface area contributed by atoms with Crippen molar-refractivity contribution in [1.29, 1.82) is 0 Å². The molecule has 20 heavy (non-hydrogen) atoms. The van der Waals surface area contributed by atoms with Gasteiger partial charge < -0.3 is 11.1 Å². The second-order valence-corrected chi connectivity index (χ2v) is 8.60. The van der Waals surface area contributed by atoms with Crippen molar-refractivity contribution >= 4 is 27.3 Å². The maximum absolute atomic E-state index is 12.0. The third kappa shape index (κ3) is 3.84.